The fraction of sp³-hybridized carbons (Fsp3) is 0.259. The van der Waals surface area contributed by atoms with E-state index in [1.807, 2.05) is 41.0 Å². The van der Waals surface area contributed by atoms with E-state index < -0.39 is 5.82 Å². The van der Waals surface area contributed by atoms with Gasteiger partial charge < -0.3 is 19.5 Å². The number of rotatable bonds is 10. The van der Waals surface area contributed by atoms with Crippen LogP contribution in [-0.2, 0) is 26.2 Å². The van der Waals surface area contributed by atoms with Crippen molar-refractivity contribution >= 4 is 33.4 Å². The van der Waals surface area contributed by atoms with Crippen molar-refractivity contribution in [3.8, 4) is 5.75 Å². The van der Waals surface area contributed by atoms with Crippen LogP contribution < -0.4 is 15.5 Å². The second-order valence-electron chi connectivity index (χ2n) is 8.42. The lowest BCUT2D eigenvalue weighted by molar-refractivity contribution is 0.0677. The molecule has 0 saturated carbocycles. The fourth-order valence-electron chi connectivity index (χ4n) is 4.10. The molecule has 0 atom stereocenters. The maximum Gasteiger partial charge on any atom is 0.274 e. The smallest absolute Gasteiger partial charge is 0.274 e. The third-order valence-electron chi connectivity index (χ3n) is 5.95. The van der Waals surface area contributed by atoms with E-state index in [1.54, 1.807) is 11.0 Å². The normalized spacial score (nSPS) is 13.0. The molecule has 0 bridgehead atoms. The van der Waals surface area contributed by atoms with Crippen LogP contribution >= 0.6 is 27.5 Å². The van der Waals surface area contributed by atoms with Gasteiger partial charge >= 0.3 is 0 Å². The molecular weight excluding hydrogens is 549 g/mol. The van der Waals surface area contributed by atoms with Gasteiger partial charge in [-0.1, -0.05) is 54.1 Å². The molecule has 0 spiro atoms. The number of fused-ring (bicyclic) bond motifs is 1. The molecule has 36 heavy (non-hydrogen) atoms. The molecule has 1 aliphatic heterocycles. The largest absolute Gasteiger partial charge is 0.483 e. The Balaban J connectivity index is 1.70. The maximum absolute atomic E-state index is 13.7. The van der Waals surface area contributed by atoms with E-state index in [4.69, 9.17) is 16.3 Å². The summed E-state index contributed by atoms with van der Waals surface area (Å²) in [6.07, 6.45) is 2.59. The van der Waals surface area contributed by atoms with Crippen molar-refractivity contribution in [3.63, 3.8) is 0 Å². The van der Waals surface area contributed by atoms with Crippen LogP contribution in [0.15, 0.2) is 70.5 Å². The summed E-state index contributed by atoms with van der Waals surface area (Å²) >= 11 is 9.40. The van der Waals surface area contributed by atoms with Gasteiger partial charge in [0.2, 0.25) is 5.43 Å². The SMILES string of the molecule is C=CCCNCc1c(Br)c(=O)c(OCc2ccccc2)c2n1CCN(Cc1ccc(F)c(Cl)c1)C2=O. The van der Waals surface area contributed by atoms with Gasteiger partial charge in [0.1, 0.15) is 12.4 Å². The first-order chi connectivity index (χ1) is 17.4. The molecule has 2 aromatic carbocycles. The van der Waals surface area contributed by atoms with E-state index in [0.29, 0.717) is 41.9 Å². The third-order valence-corrected chi connectivity index (χ3v) is 7.06. The summed E-state index contributed by atoms with van der Waals surface area (Å²) in [5.74, 6) is -0.841. The first-order valence-corrected chi connectivity index (χ1v) is 12.7. The topological polar surface area (TPSA) is 63.6 Å². The predicted molar refractivity (Wildman–Crippen MR) is 142 cm³/mol. The molecule has 1 N–H and O–H groups in total. The summed E-state index contributed by atoms with van der Waals surface area (Å²) in [4.78, 5) is 28.8. The average Bonchev–Trinajstić information content (AvgIpc) is 2.88. The van der Waals surface area contributed by atoms with E-state index in [-0.39, 0.29) is 41.0 Å². The highest BCUT2D eigenvalue weighted by atomic mass is 79.9. The Morgan fingerprint density at radius 1 is 1.14 bits per heavy atom. The van der Waals surface area contributed by atoms with E-state index >= 15 is 0 Å². The zero-order chi connectivity index (χ0) is 25.7. The monoisotopic (exact) mass is 573 g/mol. The van der Waals surface area contributed by atoms with Crippen LogP contribution in [-0.4, -0.2) is 28.5 Å². The first-order valence-electron chi connectivity index (χ1n) is 11.6. The van der Waals surface area contributed by atoms with Crippen molar-refractivity contribution in [1.29, 1.82) is 0 Å². The van der Waals surface area contributed by atoms with Gasteiger partial charge in [0.15, 0.2) is 11.4 Å². The fourth-order valence-corrected chi connectivity index (χ4v) is 4.84. The van der Waals surface area contributed by atoms with Gasteiger partial charge in [-0.3, -0.25) is 9.59 Å². The van der Waals surface area contributed by atoms with Crippen LogP contribution in [0.25, 0.3) is 0 Å². The Bertz CT molecular complexity index is 1330. The van der Waals surface area contributed by atoms with E-state index in [1.165, 1.54) is 12.1 Å². The maximum atomic E-state index is 13.7. The Morgan fingerprint density at radius 2 is 1.92 bits per heavy atom. The molecule has 6 nitrogen and oxygen atoms in total. The Kier molecular flexibility index (Phi) is 8.61. The number of nitrogens with one attached hydrogen (secondary N) is 1. The van der Waals surface area contributed by atoms with E-state index in [0.717, 1.165) is 12.0 Å². The molecule has 1 aliphatic rings. The van der Waals surface area contributed by atoms with Crippen molar-refractivity contribution < 1.29 is 13.9 Å². The number of nitrogens with zero attached hydrogens (tertiary/aromatic N) is 2. The second-order valence-corrected chi connectivity index (χ2v) is 9.62. The molecule has 0 fully saturated rings. The summed E-state index contributed by atoms with van der Waals surface area (Å²) in [5, 5.41) is 3.30. The van der Waals surface area contributed by atoms with Crippen molar-refractivity contribution in [3.05, 3.63) is 109 Å². The van der Waals surface area contributed by atoms with Gasteiger partial charge in [-0.25, -0.2) is 4.39 Å². The zero-order valence-corrected chi connectivity index (χ0v) is 21.9. The van der Waals surface area contributed by atoms with Crippen molar-refractivity contribution in [2.45, 2.75) is 32.7 Å². The van der Waals surface area contributed by atoms with Gasteiger partial charge in [-0.2, -0.15) is 0 Å². The lowest BCUT2D eigenvalue weighted by atomic mass is 10.1. The quantitative estimate of drug-likeness (QED) is 0.264. The number of pyridine rings is 1. The highest BCUT2D eigenvalue weighted by Gasteiger charge is 2.33. The number of carbonyl (C=O) groups excluding carboxylic acids is 1. The third kappa shape index (κ3) is 5.72. The molecule has 4 rings (SSSR count). The summed E-state index contributed by atoms with van der Waals surface area (Å²) < 4.78 is 21.8. The minimum atomic E-state index is -0.516. The highest BCUT2D eigenvalue weighted by molar-refractivity contribution is 9.10. The minimum Gasteiger partial charge on any atom is -0.483 e. The van der Waals surface area contributed by atoms with Crippen molar-refractivity contribution in [2.24, 2.45) is 0 Å². The number of ether oxygens (including phenoxy) is 1. The number of carbonyl (C=O) groups is 1. The molecule has 0 aliphatic carbocycles. The molecule has 3 aromatic rings. The van der Waals surface area contributed by atoms with Gasteiger partial charge in [0.25, 0.3) is 5.91 Å². The Labute approximate surface area is 222 Å². The molecular formula is C27H26BrClFN3O3. The Hall–Kier alpha value is -2.94. The van der Waals surface area contributed by atoms with Gasteiger partial charge in [0, 0.05) is 26.2 Å². The van der Waals surface area contributed by atoms with Crippen LogP contribution in [0, 0.1) is 5.82 Å². The average molecular weight is 575 g/mol. The molecule has 188 valence electrons. The second kappa shape index (κ2) is 11.9. The number of benzene rings is 2. The van der Waals surface area contributed by atoms with Crippen molar-refractivity contribution in [1.82, 2.24) is 14.8 Å². The predicted octanol–water partition coefficient (Wildman–Crippen LogP) is 5.30. The standard InChI is InChI=1S/C27H26BrClFN3O3/c1-2-3-11-31-15-22-23(28)25(34)26(36-17-18-7-5-4-6-8-18)24-27(35)32(12-13-33(22)24)16-19-9-10-21(30)20(29)14-19/h2,4-10,14,31H,1,3,11-13,15-17H2. The summed E-state index contributed by atoms with van der Waals surface area (Å²) in [6, 6.07) is 13.8. The molecule has 1 aromatic heterocycles. The molecule has 0 radical (unpaired) electrons. The first kappa shape index (κ1) is 26.1. The zero-order valence-electron chi connectivity index (χ0n) is 19.6. The number of hydrogen-bond acceptors (Lipinski definition) is 4. The van der Waals surface area contributed by atoms with Crippen molar-refractivity contribution in [2.75, 3.05) is 13.1 Å². The van der Waals surface area contributed by atoms with Crippen LogP contribution in [0.5, 0.6) is 5.75 Å². The number of aromatic nitrogens is 1. The number of amides is 1. The summed E-state index contributed by atoms with van der Waals surface area (Å²) in [7, 11) is 0. The lowest BCUT2D eigenvalue weighted by Gasteiger charge is -2.33. The molecule has 1 amide bonds. The van der Waals surface area contributed by atoms with Crippen LogP contribution in [0.3, 0.4) is 0 Å². The number of hydrogen-bond donors (Lipinski definition) is 1. The van der Waals surface area contributed by atoms with Gasteiger partial charge in [-0.05, 0) is 52.2 Å². The summed E-state index contributed by atoms with van der Waals surface area (Å²) in [5.41, 5.74) is 2.09. The van der Waals surface area contributed by atoms with Crippen LogP contribution in [0.1, 0.15) is 33.7 Å². The van der Waals surface area contributed by atoms with E-state index in [2.05, 4.69) is 27.8 Å². The highest BCUT2D eigenvalue weighted by Crippen LogP contribution is 2.29. The lowest BCUT2D eigenvalue weighted by Crippen LogP contribution is -2.43. The molecule has 2 heterocycles. The van der Waals surface area contributed by atoms with Gasteiger partial charge in [0.05, 0.1) is 15.2 Å². The van der Waals surface area contributed by atoms with E-state index in [9.17, 15) is 14.0 Å². The summed E-state index contributed by atoms with van der Waals surface area (Å²) in [6.45, 7) is 6.07. The molecule has 9 heteroatoms. The van der Waals surface area contributed by atoms with Gasteiger partial charge in [-0.15, -0.1) is 6.58 Å². The van der Waals surface area contributed by atoms with Crippen LogP contribution in [0.4, 0.5) is 4.39 Å². The molecule has 0 saturated heterocycles. The van der Waals surface area contributed by atoms with Crippen LogP contribution in [0.2, 0.25) is 5.02 Å². The Morgan fingerprint density at radius 3 is 2.64 bits per heavy atom. The molecule has 0 unspecified atom stereocenters. The number of halogens is 3. The minimum absolute atomic E-state index is 0.00252.